The lowest BCUT2D eigenvalue weighted by Crippen LogP contribution is -2.56. The molecule has 0 aromatic heterocycles. The van der Waals surface area contributed by atoms with Gasteiger partial charge >= 0.3 is 0 Å². The van der Waals surface area contributed by atoms with E-state index >= 15 is 0 Å². The molecule has 4 heteroatoms. The molecular formula is C15H25NO3. The van der Waals surface area contributed by atoms with Gasteiger partial charge in [0.15, 0.2) is 0 Å². The van der Waals surface area contributed by atoms with Gasteiger partial charge < -0.3 is 14.7 Å². The summed E-state index contributed by atoms with van der Waals surface area (Å²) >= 11 is 0. The average molecular weight is 267 g/mol. The molecule has 0 unspecified atom stereocenters. The molecular weight excluding hydrogens is 242 g/mol. The van der Waals surface area contributed by atoms with Gasteiger partial charge in [0, 0.05) is 25.6 Å². The van der Waals surface area contributed by atoms with Gasteiger partial charge in [0.2, 0.25) is 5.91 Å². The zero-order chi connectivity index (χ0) is 13.3. The Morgan fingerprint density at radius 2 is 1.79 bits per heavy atom. The maximum Gasteiger partial charge on any atom is 0.225 e. The second kappa shape index (κ2) is 5.41. The first-order valence-electron chi connectivity index (χ1n) is 7.82. The molecule has 0 radical (unpaired) electrons. The van der Waals surface area contributed by atoms with E-state index in [4.69, 9.17) is 4.74 Å². The predicted octanol–water partition coefficient (Wildman–Crippen LogP) is 1.71. The lowest BCUT2D eigenvalue weighted by Gasteiger charge is -2.47. The molecule has 1 aliphatic carbocycles. The maximum absolute atomic E-state index is 12.4. The number of amides is 1. The van der Waals surface area contributed by atoms with Crippen molar-refractivity contribution in [3.05, 3.63) is 0 Å². The molecule has 1 N–H and O–H groups in total. The van der Waals surface area contributed by atoms with Gasteiger partial charge in [-0.05, 0) is 38.5 Å². The van der Waals surface area contributed by atoms with Gasteiger partial charge in [-0.2, -0.15) is 0 Å². The van der Waals surface area contributed by atoms with Crippen LogP contribution in [-0.4, -0.2) is 47.3 Å². The van der Waals surface area contributed by atoms with E-state index in [2.05, 4.69) is 0 Å². The standard InChI is InChI=1S/C15H25NO3/c17-13-6-3-11-19-15(13)7-9-16(10-8-15)14(18)12-4-1-2-5-12/h12-13,17H,1-11H2/t13-/m0/s1. The zero-order valence-electron chi connectivity index (χ0n) is 11.6. The van der Waals surface area contributed by atoms with Crippen molar-refractivity contribution in [3.63, 3.8) is 0 Å². The number of piperidine rings is 1. The number of ether oxygens (including phenoxy) is 1. The quantitative estimate of drug-likeness (QED) is 0.787. The number of hydrogen-bond donors (Lipinski definition) is 1. The molecule has 3 aliphatic rings. The maximum atomic E-state index is 12.4. The molecule has 3 fully saturated rings. The Balaban J connectivity index is 1.58. The summed E-state index contributed by atoms with van der Waals surface area (Å²) in [6, 6.07) is 0. The minimum Gasteiger partial charge on any atom is -0.390 e. The first-order chi connectivity index (χ1) is 9.21. The van der Waals surface area contributed by atoms with Crippen LogP contribution in [0.5, 0.6) is 0 Å². The van der Waals surface area contributed by atoms with Crippen LogP contribution < -0.4 is 0 Å². The van der Waals surface area contributed by atoms with E-state index in [0.29, 0.717) is 5.91 Å². The number of likely N-dealkylation sites (tertiary alicyclic amines) is 1. The van der Waals surface area contributed by atoms with Gasteiger partial charge in [0.25, 0.3) is 0 Å². The molecule has 4 nitrogen and oxygen atoms in total. The summed E-state index contributed by atoms with van der Waals surface area (Å²) in [6.07, 6.45) is 7.60. The minimum absolute atomic E-state index is 0.270. The molecule has 1 saturated carbocycles. The Kier molecular flexibility index (Phi) is 3.81. The summed E-state index contributed by atoms with van der Waals surface area (Å²) in [5, 5.41) is 10.2. The number of nitrogens with zero attached hydrogens (tertiary/aromatic N) is 1. The molecule has 2 heterocycles. The molecule has 2 saturated heterocycles. The fourth-order valence-electron chi connectivity index (χ4n) is 3.93. The monoisotopic (exact) mass is 267 g/mol. The van der Waals surface area contributed by atoms with E-state index in [1.165, 1.54) is 12.8 Å². The Hall–Kier alpha value is -0.610. The van der Waals surface area contributed by atoms with Crippen molar-refractivity contribution in [1.82, 2.24) is 4.90 Å². The number of aliphatic hydroxyl groups is 1. The third-order valence-corrected chi connectivity index (χ3v) is 5.24. The van der Waals surface area contributed by atoms with Crippen LogP contribution in [0, 0.1) is 5.92 Å². The van der Waals surface area contributed by atoms with Crippen LogP contribution in [-0.2, 0) is 9.53 Å². The molecule has 1 amide bonds. The van der Waals surface area contributed by atoms with Crippen molar-refractivity contribution >= 4 is 5.91 Å². The largest absolute Gasteiger partial charge is 0.390 e. The Labute approximate surface area is 115 Å². The average Bonchev–Trinajstić information content (AvgIpc) is 2.96. The molecule has 0 bridgehead atoms. The molecule has 1 atom stereocenters. The number of hydrogen-bond acceptors (Lipinski definition) is 3. The highest BCUT2D eigenvalue weighted by atomic mass is 16.5. The topological polar surface area (TPSA) is 49.8 Å². The number of carbonyl (C=O) groups is 1. The van der Waals surface area contributed by atoms with Gasteiger partial charge in [-0.3, -0.25) is 4.79 Å². The summed E-state index contributed by atoms with van der Waals surface area (Å²) in [4.78, 5) is 14.4. The summed E-state index contributed by atoms with van der Waals surface area (Å²) in [5.41, 5.74) is -0.356. The van der Waals surface area contributed by atoms with Crippen molar-refractivity contribution in [2.75, 3.05) is 19.7 Å². The zero-order valence-corrected chi connectivity index (χ0v) is 11.6. The lowest BCUT2D eigenvalue weighted by atomic mass is 9.81. The van der Waals surface area contributed by atoms with Gasteiger partial charge in [0.1, 0.15) is 0 Å². The first kappa shape index (κ1) is 13.4. The van der Waals surface area contributed by atoms with E-state index in [1.807, 2.05) is 4.90 Å². The van der Waals surface area contributed by atoms with Crippen LogP contribution >= 0.6 is 0 Å². The Morgan fingerprint density at radius 1 is 1.11 bits per heavy atom. The second-order valence-corrected chi connectivity index (χ2v) is 6.38. The third kappa shape index (κ3) is 2.52. The van der Waals surface area contributed by atoms with Crippen LogP contribution in [0.25, 0.3) is 0 Å². The van der Waals surface area contributed by atoms with Crippen molar-refractivity contribution in [3.8, 4) is 0 Å². The van der Waals surface area contributed by atoms with E-state index in [-0.39, 0.29) is 17.6 Å². The van der Waals surface area contributed by atoms with Crippen LogP contribution in [0.15, 0.2) is 0 Å². The summed E-state index contributed by atoms with van der Waals surface area (Å²) in [5.74, 6) is 0.615. The highest BCUT2D eigenvalue weighted by Crippen LogP contribution is 2.36. The van der Waals surface area contributed by atoms with Crippen molar-refractivity contribution in [1.29, 1.82) is 0 Å². The fraction of sp³-hybridized carbons (Fsp3) is 0.933. The number of aliphatic hydroxyl groups excluding tert-OH is 1. The van der Waals surface area contributed by atoms with Gasteiger partial charge in [0.05, 0.1) is 11.7 Å². The third-order valence-electron chi connectivity index (χ3n) is 5.24. The van der Waals surface area contributed by atoms with E-state index in [0.717, 1.165) is 58.2 Å². The molecule has 0 aromatic carbocycles. The summed E-state index contributed by atoms with van der Waals surface area (Å²) < 4.78 is 5.88. The van der Waals surface area contributed by atoms with Crippen molar-refractivity contribution < 1.29 is 14.6 Å². The summed E-state index contributed by atoms with van der Waals surface area (Å²) in [6.45, 7) is 2.27. The molecule has 0 aromatic rings. The highest BCUT2D eigenvalue weighted by molar-refractivity contribution is 5.79. The molecule has 1 spiro atoms. The van der Waals surface area contributed by atoms with Crippen LogP contribution in [0.2, 0.25) is 0 Å². The minimum atomic E-state index is -0.356. The van der Waals surface area contributed by atoms with E-state index in [9.17, 15) is 9.90 Å². The van der Waals surface area contributed by atoms with Crippen LogP contribution in [0.1, 0.15) is 51.4 Å². The number of carbonyl (C=O) groups excluding carboxylic acids is 1. The Bertz CT molecular complexity index is 330. The normalized spacial score (nSPS) is 31.8. The SMILES string of the molecule is O=C(C1CCCC1)N1CCC2(CC1)OCCC[C@@H]2O. The number of rotatable bonds is 1. The predicted molar refractivity (Wildman–Crippen MR) is 71.7 cm³/mol. The van der Waals surface area contributed by atoms with Crippen molar-refractivity contribution in [2.45, 2.75) is 63.1 Å². The van der Waals surface area contributed by atoms with E-state index in [1.54, 1.807) is 0 Å². The van der Waals surface area contributed by atoms with Gasteiger partial charge in [-0.1, -0.05) is 12.8 Å². The first-order valence-corrected chi connectivity index (χ1v) is 7.82. The lowest BCUT2D eigenvalue weighted by molar-refractivity contribution is -0.180. The molecule has 19 heavy (non-hydrogen) atoms. The Morgan fingerprint density at radius 3 is 2.42 bits per heavy atom. The van der Waals surface area contributed by atoms with Gasteiger partial charge in [-0.15, -0.1) is 0 Å². The smallest absolute Gasteiger partial charge is 0.225 e. The summed E-state index contributed by atoms with van der Waals surface area (Å²) in [7, 11) is 0. The fourth-order valence-corrected chi connectivity index (χ4v) is 3.93. The molecule has 2 aliphatic heterocycles. The van der Waals surface area contributed by atoms with E-state index < -0.39 is 0 Å². The molecule has 3 rings (SSSR count). The van der Waals surface area contributed by atoms with Crippen LogP contribution in [0.4, 0.5) is 0 Å². The molecule has 108 valence electrons. The highest BCUT2D eigenvalue weighted by Gasteiger charge is 2.44. The second-order valence-electron chi connectivity index (χ2n) is 6.38. The van der Waals surface area contributed by atoms with Gasteiger partial charge in [-0.25, -0.2) is 0 Å². The van der Waals surface area contributed by atoms with Crippen LogP contribution in [0.3, 0.4) is 0 Å². The van der Waals surface area contributed by atoms with Crippen molar-refractivity contribution in [2.24, 2.45) is 5.92 Å².